The molecule has 22 heavy (non-hydrogen) atoms. The summed E-state index contributed by atoms with van der Waals surface area (Å²) in [6.07, 6.45) is 1.23. The minimum Gasteiger partial charge on any atom is -0.233 e. The second kappa shape index (κ2) is 5.53. The maximum absolute atomic E-state index is 14.1. The number of anilines is 1. The van der Waals surface area contributed by atoms with Crippen molar-refractivity contribution in [3.63, 3.8) is 0 Å². The third-order valence-corrected chi connectivity index (χ3v) is 5.22. The number of hydrogen-bond donors (Lipinski definition) is 0. The molecular weight excluding hydrogens is 303 g/mol. The number of rotatable bonds is 3. The van der Waals surface area contributed by atoms with Gasteiger partial charge in [0.25, 0.3) is 10.0 Å². The Hall–Kier alpha value is -2.21. The molecule has 0 fully saturated rings. The van der Waals surface area contributed by atoms with E-state index < -0.39 is 15.8 Å². The molecule has 0 atom stereocenters. The van der Waals surface area contributed by atoms with E-state index in [2.05, 4.69) is 4.99 Å². The van der Waals surface area contributed by atoms with Gasteiger partial charge in [0.2, 0.25) is 0 Å². The number of aliphatic imine (C=N–C) groups is 1. The van der Waals surface area contributed by atoms with E-state index in [9.17, 15) is 12.8 Å². The highest BCUT2D eigenvalue weighted by Crippen LogP contribution is 2.37. The van der Waals surface area contributed by atoms with Crippen LogP contribution in [0.15, 0.2) is 58.4 Å². The van der Waals surface area contributed by atoms with Gasteiger partial charge in [-0.2, -0.15) is 0 Å². The largest absolute Gasteiger partial charge is 0.274 e. The number of para-hydroxylation sites is 1. The number of nitrogens with zero attached hydrogens (tertiary/aromatic N) is 2. The summed E-state index contributed by atoms with van der Waals surface area (Å²) >= 11 is 0. The van der Waals surface area contributed by atoms with Crippen LogP contribution >= 0.6 is 0 Å². The molecule has 1 heterocycles. The summed E-state index contributed by atoms with van der Waals surface area (Å²) in [6.45, 7) is 1.94. The molecule has 0 N–H and O–H groups in total. The summed E-state index contributed by atoms with van der Waals surface area (Å²) < 4.78 is 41.1. The normalized spacial score (nSPS) is 16.1. The molecule has 114 valence electrons. The highest BCUT2D eigenvalue weighted by molar-refractivity contribution is 7.93. The summed E-state index contributed by atoms with van der Waals surface area (Å²) in [6, 6.07) is 12.8. The summed E-state index contributed by atoms with van der Waals surface area (Å²) in [5, 5.41) is 0. The van der Waals surface area contributed by atoms with Crippen molar-refractivity contribution in [1.29, 1.82) is 0 Å². The van der Waals surface area contributed by atoms with E-state index in [0.29, 0.717) is 17.9 Å². The van der Waals surface area contributed by atoms with E-state index in [1.807, 2.05) is 6.92 Å². The summed E-state index contributed by atoms with van der Waals surface area (Å²) in [4.78, 5) is 4.01. The predicted molar refractivity (Wildman–Crippen MR) is 84.5 cm³/mol. The summed E-state index contributed by atoms with van der Waals surface area (Å²) in [5.41, 5.74) is 0.624. The van der Waals surface area contributed by atoms with Crippen molar-refractivity contribution in [1.82, 2.24) is 0 Å². The molecule has 0 unspecified atom stereocenters. The molecule has 0 saturated heterocycles. The van der Waals surface area contributed by atoms with E-state index >= 15 is 0 Å². The van der Waals surface area contributed by atoms with Gasteiger partial charge in [-0.05, 0) is 30.7 Å². The minimum absolute atomic E-state index is 0.163. The monoisotopic (exact) mass is 318 g/mol. The average Bonchev–Trinajstić information content (AvgIpc) is 2.47. The van der Waals surface area contributed by atoms with Crippen molar-refractivity contribution in [2.45, 2.75) is 24.7 Å². The lowest BCUT2D eigenvalue weighted by Gasteiger charge is -2.30. The van der Waals surface area contributed by atoms with Crippen LogP contribution in [0.3, 0.4) is 0 Å². The molecule has 0 bridgehead atoms. The second-order valence-corrected chi connectivity index (χ2v) is 6.69. The van der Waals surface area contributed by atoms with Crippen LogP contribution in [0.4, 0.5) is 15.8 Å². The van der Waals surface area contributed by atoms with E-state index in [-0.39, 0.29) is 10.6 Å². The fourth-order valence-corrected chi connectivity index (χ4v) is 4.17. The highest BCUT2D eigenvalue weighted by Gasteiger charge is 2.37. The zero-order valence-electron chi connectivity index (χ0n) is 12.0. The van der Waals surface area contributed by atoms with Gasteiger partial charge in [-0.1, -0.05) is 31.2 Å². The molecule has 0 aromatic heterocycles. The second-order valence-electron chi connectivity index (χ2n) is 4.97. The number of sulfonamides is 1. The molecular formula is C16H15FN2O2S. The molecule has 2 aromatic rings. The van der Waals surface area contributed by atoms with Crippen LogP contribution in [-0.4, -0.2) is 14.3 Å². The van der Waals surface area contributed by atoms with E-state index in [1.165, 1.54) is 12.1 Å². The Morgan fingerprint density at radius 2 is 1.82 bits per heavy atom. The molecule has 0 radical (unpaired) electrons. The van der Waals surface area contributed by atoms with Gasteiger partial charge in [-0.15, -0.1) is 0 Å². The topological polar surface area (TPSA) is 49.7 Å². The Bertz CT molecular complexity index is 832. The quantitative estimate of drug-likeness (QED) is 0.862. The molecule has 3 rings (SSSR count). The fraction of sp³-hybridized carbons (Fsp3) is 0.188. The van der Waals surface area contributed by atoms with Crippen LogP contribution in [0.5, 0.6) is 0 Å². The minimum atomic E-state index is -4.01. The van der Waals surface area contributed by atoms with Gasteiger partial charge in [0.05, 0.1) is 11.4 Å². The lowest BCUT2D eigenvalue weighted by Crippen LogP contribution is -2.39. The first-order chi connectivity index (χ1) is 10.6. The summed E-state index contributed by atoms with van der Waals surface area (Å²) in [5.74, 6) is -0.371. The zero-order chi connectivity index (χ0) is 15.7. The van der Waals surface area contributed by atoms with E-state index in [4.69, 9.17) is 0 Å². The number of hydrogen-bond acceptors (Lipinski definition) is 3. The third kappa shape index (κ3) is 2.29. The van der Waals surface area contributed by atoms with Crippen LogP contribution in [0.1, 0.15) is 19.8 Å². The van der Waals surface area contributed by atoms with Crippen molar-refractivity contribution in [2.75, 3.05) is 4.31 Å². The number of halogens is 1. The average molecular weight is 318 g/mol. The maximum atomic E-state index is 14.1. The Morgan fingerprint density at radius 1 is 1.09 bits per heavy atom. The summed E-state index contributed by atoms with van der Waals surface area (Å²) in [7, 11) is -4.01. The predicted octanol–water partition coefficient (Wildman–Crippen LogP) is 3.86. The van der Waals surface area contributed by atoms with Crippen LogP contribution in [0.25, 0.3) is 0 Å². The molecule has 0 amide bonds. The standard InChI is InChI=1S/C16H15FN2O2S/c1-2-7-15-18-14-11-6-10-13(17)16(14)22(20,21)19(15)12-8-4-3-5-9-12/h3-6,8-11H,2,7H2,1H3. The number of benzene rings is 2. The van der Waals surface area contributed by atoms with Crippen molar-refractivity contribution >= 4 is 27.2 Å². The Balaban J connectivity index is 2.28. The Kier molecular flexibility index (Phi) is 3.70. The highest BCUT2D eigenvalue weighted by atomic mass is 32.2. The first-order valence-electron chi connectivity index (χ1n) is 7.02. The van der Waals surface area contributed by atoms with Crippen LogP contribution in [-0.2, 0) is 10.0 Å². The molecule has 4 nitrogen and oxygen atoms in total. The first-order valence-corrected chi connectivity index (χ1v) is 8.46. The molecule has 2 aromatic carbocycles. The Morgan fingerprint density at radius 3 is 2.50 bits per heavy atom. The lowest BCUT2D eigenvalue weighted by molar-refractivity contribution is 0.567. The molecule has 0 saturated carbocycles. The molecule has 0 aliphatic carbocycles. The van der Waals surface area contributed by atoms with Crippen molar-refractivity contribution < 1.29 is 12.8 Å². The van der Waals surface area contributed by atoms with Gasteiger partial charge < -0.3 is 0 Å². The molecule has 1 aliphatic heterocycles. The molecule has 6 heteroatoms. The van der Waals surface area contributed by atoms with Gasteiger partial charge in [0.1, 0.15) is 16.5 Å². The van der Waals surface area contributed by atoms with Gasteiger partial charge in [-0.25, -0.2) is 22.1 Å². The van der Waals surface area contributed by atoms with Gasteiger partial charge >= 0.3 is 0 Å². The first kappa shape index (κ1) is 14.7. The smallest absolute Gasteiger partial charge is 0.233 e. The zero-order valence-corrected chi connectivity index (χ0v) is 12.8. The van der Waals surface area contributed by atoms with Crippen LogP contribution in [0, 0.1) is 5.82 Å². The molecule has 0 spiro atoms. The van der Waals surface area contributed by atoms with Crippen LogP contribution in [0.2, 0.25) is 0 Å². The fourth-order valence-electron chi connectivity index (χ4n) is 2.49. The maximum Gasteiger partial charge on any atom is 0.274 e. The van der Waals surface area contributed by atoms with Gasteiger partial charge in [0.15, 0.2) is 0 Å². The lowest BCUT2D eigenvalue weighted by atomic mass is 10.2. The number of amidine groups is 1. The van der Waals surface area contributed by atoms with E-state index in [1.54, 1.807) is 30.3 Å². The SMILES string of the molecule is CCCC1=Nc2cccc(F)c2S(=O)(=O)N1c1ccccc1. The third-order valence-electron chi connectivity index (χ3n) is 3.39. The van der Waals surface area contributed by atoms with Crippen molar-refractivity contribution in [3.8, 4) is 0 Å². The number of fused-ring (bicyclic) bond motifs is 1. The van der Waals surface area contributed by atoms with Gasteiger partial charge in [-0.3, -0.25) is 0 Å². The van der Waals surface area contributed by atoms with Gasteiger partial charge in [0, 0.05) is 6.42 Å². The molecule has 1 aliphatic rings. The Labute approximate surface area is 129 Å². The van der Waals surface area contributed by atoms with Crippen molar-refractivity contribution in [3.05, 3.63) is 54.3 Å². The van der Waals surface area contributed by atoms with Crippen LogP contribution < -0.4 is 4.31 Å². The van der Waals surface area contributed by atoms with Crippen molar-refractivity contribution in [2.24, 2.45) is 4.99 Å². The van der Waals surface area contributed by atoms with E-state index in [0.717, 1.165) is 16.8 Å².